The number of para-hydroxylation sites is 1. The van der Waals surface area contributed by atoms with Gasteiger partial charge in [-0.05, 0) is 24.6 Å². The van der Waals surface area contributed by atoms with Crippen molar-refractivity contribution in [2.45, 2.75) is 19.5 Å². The molecule has 0 aliphatic rings. The molecule has 0 aliphatic heterocycles. The molecule has 0 radical (unpaired) electrons. The number of benzene rings is 2. The highest BCUT2D eigenvalue weighted by atomic mass is 16.5. The van der Waals surface area contributed by atoms with Crippen LogP contribution in [0.4, 0.5) is 5.69 Å². The van der Waals surface area contributed by atoms with E-state index in [-0.39, 0.29) is 12.5 Å². The molecule has 1 unspecified atom stereocenters. The number of hydrogen-bond donors (Lipinski definition) is 3. The molecule has 6 nitrogen and oxygen atoms in total. The Bertz CT molecular complexity index is 729. The fraction of sp³-hybridized carbons (Fsp3) is 0.263. The largest absolute Gasteiger partial charge is 0.383 e. The number of aryl methyl sites for hydroxylation is 1. The molecule has 6 heteroatoms. The van der Waals surface area contributed by atoms with Crippen molar-refractivity contribution in [1.82, 2.24) is 5.32 Å². The molecule has 0 saturated heterocycles. The predicted molar refractivity (Wildman–Crippen MR) is 97.3 cm³/mol. The Balaban J connectivity index is 2.04. The maximum absolute atomic E-state index is 12.5. The molecule has 4 N–H and O–H groups in total. The van der Waals surface area contributed by atoms with Gasteiger partial charge in [0.2, 0.25) is 5.91 Å². The number of methoxy groups -OCH3 is 1. The van der Waals surface area contributed by atoms with Crippen LogP contribution < -0.4 is 16.4 Å². The summed E-state index contributed by atoms with van der Waals surface area (Å²) in [7, 11) is 1.47. The Hall–Kier alpha value is -2.70. The molecule has 0 heterocycles. The third-order valence-electron chi connectivity index (χ3n) is 3.69. The van der Waals surface area contributed by atoms with Crippen LogP contribution in [0.3, 0.4) is 0 Å². The van der Waals surface area contributed by atoms with Gasteiger partial charge in [-0.1, -0.05) is 42.0 Å². The highest BCUT2D eigenvalue weighted by Gasteiger charge is 2.17. The van der Waals surface area contributed by atoms with Crippen LogP contribution in [-0.4, -0.2) is 31.6 Å². The lowest BCUT2D eigenvalue weighted by Crippen LogP contribution is -2.39. The molecule has 2 rings (SSSR count). The van der Waals surface area contributed by atoms with Crippen LogP contribution in [0, 0.1) is 6.92 Å². The van der Waals surface area contributed by atoms with Gasteiger partial charge in [-0.3, -0.25) is 9.59 Å². The summed E-state index contributed by atoms with van der Waals surface area (Å²) in [5.41, 5.74) is 8.68. The van der Waals surface area contributed by atoms with Crippen molar-refractivity contribution < 1.29 is 14.3 Å². The highest BCUT2D eigenvalue weighted by molar-refractivity contribution is 6.04. The summed E-state index contributed by atoms with van der Waals surface area (Å²) in [4.78, 5) is 24.5. The molecular weight excluding hydrogens is 318 g/mol. The Morgan fingerprint density at radius 3 is 2.48 bits per heavy atom. The van der Waals surface area contributed by atoms with E-state index in [1.807, 2.05) is 31.2 Å². The number of carbonyl (C=O) groups excluding carboxylic acids is 2. The number of nitrogens with one attached hydrogen (secondary N) is 2. The topological polar surface area (TPSA) is 93.4 Å². The molecule has 0 saturated carbocycles. The second-order valence-electron chi connectivity index (χ2n) is 5.76. The summed E-state index contributed by atoms with van der Waals surface area (Å²) >= 11 is 0. The Labute approximate surface area is 147 Å². The quantitative estimate of drug-likeness (QED) is 0.716. The minimum absolute atomic E-state index is 0.105. The lowest BCUT2D eigenvalue weighted by atomic mass is 10.1. The number of amides is 2. The second kappa shape index (κ2) is 8.96. The first-order chi connectivity index (χ1) is 12.0. The zero-order chi connectivity index (χ0) is 18.2. The first-order valence-corrected chi connectivity index (χ1v) is 7.99. The van der Waals surface area contributed by atoms with Gasteiger partial charge in [0.15, 0.2) is 0 Å². The van der Waals surface area contributed by atoms with Crippen molar-refractivity contribution in [3.05, 3.63) is 65.2 Å². The van der Waals surface area contributed by atoms with Gasteiger partial charge in [-0.15, -0.1) is 0 Å². The Morgan fingerprint density at radius 2 is 1.80 bits per heavy atom. The van der Waals surface area contributed by atoms with Gasteiger partial charge in [-0.25, -0.2) is 0 Å². The van der Waals surface area contributed by atoms with Crippen LogP contribution in [0.5, 0.6) is 0 Å². The summed E-state index contributed by atoms with van der Waals surface area (Å²) in [5, 5.41) is 5.53. The maximum atomic E-state index is 12.5. The fourth-order valence-corrected chi connectivity index (χ4v) is 2.25. The van der Waals surface area contributed by atoms with Crippen LogP contribution in [-0.2, 0) is 16.1 Å². The van der Waals surface area contributed by atoms with Crippen molar-refractivity contribution in [2.24, 2.45) is 5.73 Å². The van der Waals surface area contributed by atoms with Gasteiger partial charge < -0.3 is 21.1 Å². The van der Waals surface area contributed by atoms with Crippen LogP contribution in [0.25, 0.3) is 0 Å². The first kappa shape index (κ1) is 18.6. The molecule has 0 aliphatic carbocycles. The molecule has 2 aromatic carbocycles. The molecule has 0 bridgehead atoms. The molecule has 132 valence electrons. The van der Waals surface area contributed by atoms with E-state index in [9.17, 15) is 9.59 Å². The van der Waals surface area contributed by atoms with Crippen LogP contribution >= 0.6 is 0 Å². The van der Waals surface area contributed by atoms with Gasteiger partial charge in [0.25, 0.3) is 5.91 Å². The third kappa shape index (κ3) is 5.41. The SMILES string of the molecule is COCC(N)C(=O)Nc1ccccc1C(=O)NCc1ccc(C)cc1. The highest BCUT2D eigenvalue weighted by Crippen LogP contribution is 2.15. The van der Waals surface area contributed by atoms with E-state index < -0.39 is 11.9 Å². The zero-order valence-corrected chi connectivity index (χ0v) is 14.4. The Morgan fingerprint density at radius 1 is 1.12 bits per heavy atom. The molecule has 0 fully saturated rings. The average Bonchev–Trinajstić information content (AvgIpc) is 2.61. The molecule has 0 aromatic heterocycles. The summed E-state index contributed by atoms with van der Waals surface area (Å²) in [6.45, 7) is 2.52. The summed E-state index contributed by atoms with van der Waals surface area (Å²) in [6.07, 6.45) is 0. The lowest BCUT2D eigenvalue weighted by Gasteiger charge is -2.14. The normalized spacial score (nSPS) is 11.6. The first-order valence-electron chi connectivity index (χ1n) is 7.99. The minimum atomic E-state index is -0.798. The smallest absolute Gasteiger partial charge is 0.253 e. The van der Waals surface area contributed by atoms with E-state index >= 15 is 0 Å². The van der Waals surface area contributed by atoms with Crippen molar-refractivity contribution in [2.75, 3.05) is 19.0 Å². The summed E-state index contributed by atoms with van der Waals surface area (Å²) in [5.74, 6) is -0.669. The van der Waals surface area contributed by atoms with Gasteiger partial charge >= 0.3 is 0 Å². The van der Waals surface area contributed by atoms with Gasteiger partial charge in [0, 0.05) is 13.7 Å². The number of carbonyl (C=O) groups is 2. The van der Waals surface area contributed by atoms with E-state index in [1.165, 1.54) is 7.11 Å². The minimum Gasteiger partial charge on any atom is -0.383 e. The zero-order valence-electron chi connectivity index (χ0n) is 14.4. The predicted octanol–water partition coefficient (Wildman–Crippen LogP) is 1.84. The number of ether oxygens (including phenoxy) is 1. The maximum Gasteiger partial charge on any atom is 0.253 e. The summed E-state index contributed by atoms with van der Waals surface area (Å²) < 4.78 is 4.87. The number of rotatable bonds is 7. The third-order valence-corrected chi connectivity index (χ3v) is 3.69. The van der Waals surface area contributed by atoms with E-state index in [4.69, 9.17) is 10.5 Å². The van der Waals surface area contributed by atoms with E-state index in [0.717, 1.165) is 11.1 Å². The lowest BCUT2D eigenvalue weighted by molar-refractivity contribution is -0.118. The number of nitrogens with two attached hydrogens (primary N) is 1. The molecule has 2 amide bonds. The van der Waals surface area contributed by atoms with E-state index in [2.05, 4.69) is 10.6 Å². The summed E-state index contributed by atoms with van der Waals surface area (Å²) in [6, 6.07) is 13.9. The van der Waals surface area contributed by atoms with Gasteiger partial charge in [0.05, 0.1) is 17.9 Å². The molecular formula is C19H23N3O3. The van der Waals surface area contributed by atoms with E-state index in [1.54, 1.807) is 24.3 Å². The average molecular weight is 341 g/mol. The number of anilines is 1. The molecule has 1 atom stereocenters. The molecule has 2 aromatic rings. The van der Waals surface area contributed by atoms with Crippen LogP contribution in [0.1, 0.15) is 21.5 Å². The molecule has 25 heavy (non-hydrogen) atoms. The monoisotopic (exact) mass is 341 g/mol. The van der Waals surface area contributed by atoms with Crippen LogP contribution in [0.2, 0.25) is 0 Å². The fourth-order valence-electron chi connectivity index (χ4n) is 2.25. The van der Waals surface area contributed by atoms with Crippen molar-refractivity contribution >= 4 is 17.5 Å². The van der Waals surface area contributed by atoms with Crippen molar-refractivity contribution in [1.29, 1.82) is 0 Å². The van der Waals surface area contributed by atoms with Gasteiger partial charge in [0.1, 0.15) is 6.04 Å². The number of hydrogen-bond acceptors (Lipinski definition) is 4. The standard InChI is InChI=1S/C19H23N3O3/c1-13-7-9-14(10-8-13)11-21-18(23)15-5-3-4-6-17(15)22-19(24)16(20)12-25-2/h3-10,16H,11-12,20H2,1-2H3,(H,21,23)(H,22,24). The van der Waals surface area contributed by atoms with Gasteiger partial charge in [-0.2, -0.15) is 0 Å². The van der Waals surface area contributed by atoms with E-state index in [0.29, 0.717) is 17.8 Å². The second-order valence-corrected chi connectivity index (χ2v) is 5.76. The van der Waals surface area contributed by atoms with Crippen molar-refractivity contribution in [3.8, 4) is 0 Å². The van der Waals surface area contributed by atoms with Crippen LogP contribution in [0.15, 0.2) is 48.5 Å². The Kier molecular flexibility index (Phi) is 6.68. The molecule has 0 spiro atoms. The van der Waals surface area contributed by atoms with Crippen molar-refractivity contribution in [3.63, 3.8) is 0 Å².